The number of carbonyl (C=O) groups is 5. The second-order valence-electron chi connectivity index (χ2n) is 7.00. The average Bonchev–Trinajstić information content (AvgIpc) is 2.71. The number of ether oxygens (including phenoxy) is 3. The van der Waals surface area contributed by atoms with E-state index in [-0.39, 0.29) is 0 Å². The normalized spacial score (nSPS) is 23.6. The van der Waals surface area contributed by atoms with Crippen molar-refractivity contribution in [3.8, 4) is 0 Å². The molecule has 176 valence electrons. The maximum absolute atomic E-state index is 12.7. The Morgan fingerprint density at radius 3 is 2.19 bits per heavy atom. The molecule has 0 saturated heterocycles. The Kier molecular flexibility index (Phi) is 8.48. The molecule has 5 atom stereocenters. The van der Waals surface area contributed by atoms with Crippen LogP contribution in [0.2, 0.25) is 0 Å². The zero-order chi connectivity index (χ0) is 24.9. The van der Waals surface area contributed by atoms with Gasteiger partial charge in [-0.3, -0.25) is 19.2 Å². The molecule has 1 rings (SSSR count). The third kappa shape index (κ3) is 5.04. The van der Waals surface area contributed by atoms with E-state index in [0.29, 0.717) is 0 Å². The first-order valence-electron chi connectivity index (χ1n) is 9.14. The van der Waals surface area contributed by atoms with Crippen molar-refractivity contribution in [2.75, 3.05) is 13.7 Å². The Labute approximate surface area is 182 Å². The van der Waals surface area contributed by atoms with Gasteiger partial charge in [-0.2, -0.15) is 0 Å². The summed E-state index contributed by atoms with van der Waals surface area (Å²) in [6.45, 7) is 2.47. The van der Waals surface area contributed by atoms with Gasteiger partial charge in [-0.25, -0.2) is 4.79 Å². The molecular formula is C18H24N4O10. The van der Waals surface area contributed by atoms with Crippen molar-refractivity contribution in [1.82, 2.24) is 5.32 Å². The van der Waals surface area contributed by atoms with Crippen LogP contribution < -0.4 is 5.32 Å². The highest BCUT2D eigenvalue weighted by Crippen LogP contribution is 2.37. The summed E-state index contributed by atoms with van der Waals surface area (Å²) in [7, 11) is 0.994. The summed E-state index contributed by atoms with van der Waals surface area (Å²) in [5.41, 5.74) is 2.64. The maximum atomic E-state index is 12.7. The Morgan fingerprint density at radius 2 is 1.78 bits per heavy atom. The highest BCUT2D eigenvalue weighted by molar-refractivity contribution is 5.98. The summed E-state index contributed by atoms with van der Waals surface area (Å²) in [5.74, 6) is -5.85. The predicted molar refractivity (Wildman–Crippen MR) is 103 cm³/mol. The number of hydrogen-bond acceptors (Lipinski definition) is 11. The topological polar surface area (TPSA) is 214 Å². The molecule has 0 aromatic rings. The molecule has 0 radical (unpaired) electrons. The summed E-state index contributed by atoms with van der Waals surface area (Å²) in [6, 6.07) is -2.97. The Morgan fingerprint density at radius 1 is 1.19 bits per heavy atom. The van der Waals surface area contributed by atoms with Crippen molar-refractivity contribution in [1.29, 1.82) is 0 Å². The number of ketones is 2. The van der Waals surface area contributed by atoms with Crippen LogP contribution in [0.3, 0.4) is 0 Å². The van der Waals surface area contributed by atoms with Crippen LogP contribution in [0.25, 0.3) is 10.4 Å². The lowest BCUT2D eigenvalue weighted by molar-refractivity contribution is -0.223. The molecule has 0 fully saturated rings. The van der Waals surface area contributed by atoms with E-state index >= 15 is 0 Å². The second kappa shape index (κ2) is 10.2. The van der Waals surface area contributed by atoms with Gasteiger partial charge in [0.25, 0.3) is 0 Å². The van der Waals surface area contributed by atoms with Crippen LogP contribution in [0.1, 0.15) is 27.7 Å². The van der Waals surface area contributed by atoms with E-state index in [0.717, 1.165) is 40.9 Å². The number of Topliss-reactive ketones (excluding diaryl/α,β-unsaturated/α-hetero) is 2. The van der Waals surface area contributed by atoms with Gasteiger partial charge in [0.2, 0.25) is 17.3 Å². The Hall–Kier alpha value is -3.48. The number of methoxy groups -OCH3 is 1. The molecule has 0 bridgehead atoms. The Balaban J connectivity index is 3.84. The van der Waals surface area contributed by atoms with Crippen molar-refractivity contribution in [3.05, 3.63) is 22.3 Å². The Bertz CT molecular complexity index is 896. The average molecular weight is 456 g/mol. The first-order chi connectivity index (χ1) is 14.8. The van der Waals surface area contributed by atoms with Gasteiger partial charge in [0.05, 0.1) is 19.2 Å². The lowest BCUT2D eigenvalue weighted by Gasteiger charge is -2.48. The number of azide groups is 1. The fourth-order valence-electron chi connectivity index (χ4n) is 3.22. The molecule has 14 nitrogen and oxygen atoms in total. The SMILES string of the molecule is COC(=O)C1=C[C@H](N=[N+]=[N-])[C@@H](NC(C)=O)[C@H](C(O)(C(C)=O)C(O)(COC(C)=O)C(C)=O)O1. The van der Waals surface area contributed by atoms with Crippen molar-refractivity contribution >= 4 is 29.4 Å². The van der Waals surface area contributed by atoms with Crippen molar-refractivity contribution < 1.29 is 48.4 Å². The fraction of sp³-hybridized carbons (Fsp3) is 0.611. The molecule has 3 N–H and O–H groups in total. The summed E-state index contributed by atoms with van der Waals surface area (Å²) in [6.07, 6.45) is -1.09. The quantitative estimate of drug-likeness (QED) is 0.163. The summed E-state index contributed by atoms with van der Waals surface area (Å²) in [4.78, 5) is 62.8. The van der Waals surface area contributed by atoms with E-state index < -0.39 is 71.2 Å². The van der Waals surface area contributed by atoms with Gasteiger partial charge >= 0.3 is 11.9 Å². The van der Waals surface area contributed by atoms with Crippen LogP contribution in [0.4, 0.5) is 0 Å². The zero-order valence-electron chi connectivity index (χ0n) is 18.0. The highest BCUT2D eigenvalue weighted by Gasteiger charge is 2.66. The molecule has 32 heavy (non-hydrogen) atoms. The highest BCUT2D eigenvalue weighted by atomic mass is 16.6. The largest absolute Gasteiger partial charge is 0.477 e. The van der Waals surface area contributed by atoms with Crippen LogP contribution in [0.5, 0.6) is 0 Å². The molecule has 0 aliphatic carbocycles. The smallest absolute Gasteiger partial charge is 0.372 e. The van der Waals surface area contributed by atoms with Crippen LogP contribution in [0.15, 0.2) is 16.9 Å². The summed E-state index contributed by atoms with van der Waals surface area (Å²) in [5, 5.41) is 28.3. The molecule has 2 unspecified atom stereocenters. The number of hydrogen-bond donors (Lipinski definition) is 3. The lowest BCUT2D eigenvalue weighted by Crippen LogP contribution is -2.75. The van der Waals surface area contributed by atoms with E-state index in [9.17, 15) is 34.2 Å². The van der Waals surface area contributed by atoms with Gasteiger partial charge in [0, 0.05) is 18.8 Å². The zero-order valence-corrected chi connectivity index (χ0v) is 18.0. The molecule has 14 heteroatoms. The van der Waals surface area contributed by atoms with E-state index in [2.05, 4.69) is 24.8 Å². The standard InChI is InChI=1S/C18H24N4O10/c1-8(23)17(28,7-31-11(4)26)18(29,9(2)24)15-14(20-10(3)25)12(21-22-19)6-13(32-15)16(27)30-5/h6,12,14-15,28-29H,7H2,1-5H3,(H,20,25)/t12-,14+,15+,17?,18?/m0/s1. The van der Waals surface area contributed by atoms with E-state index in [1.807, 2.05) is 0 Å². The molecule has 0 aromatic heterocycles. The minimum atomic E-state index is -3.20. The fourth-order valence-corrected chi connectivity index (χ4v) is 3.22. The van der Waals surface area contributed by atoms with Gasteiger partial charge in [-0.1, -0.05) is 5.11 Å². The van der Waals surface area contributed by atoms with Gasteiger partial charge in [-0.15, -0.1) is 0 Å². The molecule has 1 heterocycles. The third-order valence-corrected chi connectivity index (χ3v) is 4.86. The molecule has 0 spiro atoms. The summed E-state index contributed by atoms with van der Waals surface area (Å²) >= 11 is 0. The molecule has 1 aliphatic heterocycles. The number of amides is 1. The van der Waals surface area contributed by atoms with Crippen molar-refractivity contribution in [2.45, 2.75) is 57.1 Å². The van der Waals surface area contributed by atoms with Crippen molar-refractivity contribution in [3.63, 3.8) is 0 Å². The van der Waals surface area contributed by atoms with Gasteiger partial charge in [-0.05, 0) is 25.5 Å². The minimum absolute atomic E-state index is 0.630. The minimum Gasteiger partial charge on any atom is -0.477 e. The number of carbonyl (C=O) groups excluding carboxylic acids is 5. The third-order valence-electron chi connectivity index (χ3n) is 4.86. The van der Waals surface area contributed by atoms with Crippen LogP contribution in [-0.2, 0) is 38.2 Å². The molecule has 1 aliphatic rings. The first-order valence-corrected chi connectivity index (χ1v) is 9.14. The molecular weight excluding hydrogens is 432 g/mol. The van der Waals surface area contributed by atoms with E-state index in [4.69, 9.17) is 10.3 Å². The summed E-state index contributed by atoms with van der Waals surface area (Å²) < 4.78 is 14.7. The van der Waals surface area contributed by atoms with Crippen LogP contribution in [0, 0.1) is 0 Å². The van der Waals surface area contributed by atoms with Gasteiger partial charge in [0.15, 0.2) is 23.3 Å². The number of nitrogens with one attached hydrogen (secondary N) is 1. The number of nitrogens with zero attached hydrogens (tertiary/aromatic N) is 3. The molecule has 1 amide bonds. The van der Waals surface area contributed by atoms with Gasteiger partial charge in [0.1, 0.15) is 6.61 Å². The van der Waals surface area contributed by atoms with Gasteiger partial charge < -0.3 is 29.7 Å². The lowest BCUT2D eigenvalue weighted by atomic mass is 9.70. The van der Waals surface area contributed by atoms with E-state index in [1.54, 1.807) is 0 Å². The monoisotopic (exact) mass is 456 g/mol. The molecule has 0 saturated carbocycles. The van der Waals surface area contributed by atoms with Crippen molar-refractivity contribution in [2.24, 2.45) is 5.11 Å². The number of rotatable bonds is 9. The number of aliphatic hydroxyl groups is 2. The van der Waals surface area contributed by atoms with E-state index in [1.165, 1.54) is 0 Å². The predicted octanol–water partition coefficient (Wildman–Crippen LogP) is -1.17. The number of esters is 2. The maximum Gasteiger partial charge on any atom is 0.372 e. The van der Waals surface area contributed by atoms with Crippen LogP contribution >= 0.6 is 0 Å². The second-order valence-corrected chi connectivity index (χ2v) is 7.00. The first kappa shape index (κ1) is 26.6. The molecule has 0 aromatic carbocycles. The van der Waals surface area contributed by atoms with Crippen LogP contribution in [-0.4, -0.2) is 82.7 Å².